The molecule has 0 saturated carbocycles. The minimum absolute atomic E-state index is 0.0396. The van der Waals surface area contributed by atoms with Gasteiger partial charge >= 0.3 is 0 Å². The van der Waals surface area contributed by atoms with E-state index in [1.807, 2.05) is 0 Å². The second kappa shape index (κ2) is 5.64. The highest BCUT2D eigenvalue weighted by molar-refractivity contribution is 7.94. The number of hydrogen-bond acceptors (Lipinski definition) is 4. The van der Waals surface area contributed by atoms with Gasteiger partial charge in [0.05, 0.1) is 11.4 Å². The fourth-order valence-corrected chi connectivity index (χ4v) is 4.06. The van der Waals surface area contributed by atoms with E-state index in [0.29, 0.717) is 26.0 Å². The van der Waals surface area contributed by atoms with Crippen LogP contribution in [-0.2, 0) is 17.1 Å². The molecule has 126 valence electrons. The molecular formula is C15H15ClN4O3S. The van der Waals surface area contributed by atoms with Crippen LogP contribution in [0.2, 0.25) is 0 Å². The first-order valence-electron chi connectivity index (χ1n) is 7.05. The summed E-state index contributed by atoms with van der Waals surface area (Å²) in [4.78, 5) is 14.4. The molecule has 2 heterocycles. The van der Waals surface area contributed by atoms with Gasteiger partial charge in [-0.05, 0) is 38.1 Å². The lowest BCUT2D eigenvalue weighted by Gasteiger charge is -2.16. The topological polar surface area (TPSA) is 88.1 Å². The molecular weight excluding hydrogens is 352 g/mol. The highest BCUT2D eigenvalue weighted by Gasteiger charge is 2.27. The van der Waals surface area contributed by atoms with Crippen LogP contribution in [0.4, 0.5) is 5.69 Å². The van der Waals surface area contributed by atoms with Crippen LogP contribution in [-0.4, -0.2) is 23.2 Å². The van der Waals surface area contributed by atoms with Crippen molar-refractivity contribution in [2.45, 2.75) is 18.7 Å². The van der Waals surface area contributed by atoms with E-state index < -0.39 is 10.0 Å². The minimum atomic E-state index is -3.95. The molecule has 2 aromatic heterocycles. The third kappa shape index (κ3) is 2.67. The third-order valence-corrected chi connectivity index (χ3v) is 6.00. The molecule has 0 saturated heterocycles. The summed E-state index contributed by atoms with van der Waals surface area (Å²) in [7, 11) is -2.31. The van der Waals surface area contributed by atoms with Crippen molar-refractivity contribution in [1.82, 2.24) is 14.8 Å². The molecule has 9 heteroatoms. The van der Waals surface area contributed by atoms with Crippen LogP contribution >= 0.6 is 11.8 Å². The number of aromatic amines is 1. The number of nitrogens with zero attached hydrogens (tertiary/aromatic N) is 3. The summed E-state index contributed by atoms with van der Waals surface area (Å²) in [6, 6.07) is 6.44. The molecule has 1 aromatic carbocycles. The number of anilines is 1. The number of nitrogens with one attached hydrogen (secondary N) is 1. The van der Waals surface area contributed by atoms with Crippen molar-refractivity contribution >= 4 is 38.4 Å². The number of benzene rings is 1. The smallest absolute Gasteiger partial charge is 0.281 e. The Morgan fingerprint density at radius 3 is 2.58 bits per heavy atom. The predicted octanol–water partition coefficient (Wildman–Crippen LogP) is 2.23. The summed E-state index contributed by atoms with van der Waals surface area (Å²) in [6.45, 7) is 3.28. The molecule has 1 N–H and O–H groups in total. The lowest BCUT2D eigenvalue weighted by atomic mass is 10.1. The predicted molar refractivity (Wildman–Crippen MR) is 92.8 cm³/mol. The molecule has 0 aliphatic heterocycles. The van der Waals surface area contributed by atoms with Gasteiger partial charge in [0, 0.05) is 41.5 Å². The maximum absolute atomic E-state index is 12.7. The van der Waals surface area contributed by atoms with E-state index in [9.17, 15) is 13.2 Å². The summed E-state index contributed by atoms with van der Waals surface area (Å²) in [5.41, 5.74) is 1.60. The number of sulfonamides is 1. The molecule has 3 rings (SSSR count). The minimum Gasteiger partial charge on any atom is -0.322 e. The van der Waals surface area contributed by atoms with E-state index in [1.54, 1.807) is 39.1 Å². The van der Waals surface area contributed by atoms with Gasteiger partial charge in [0.25, 0.3) is 15.6 Å². The van der Waals surface area contributed by atoms with E-state index in [2.05, 4.69) is 10.1 Å². The van der Waals surface area contributed by atoms with Gasteiger partial charge in [0.1, 0.15) is 4.90 Å². The zero-order valence-electron chi connectivity index (χ0n) is 13.2. The highest BCUT2D eigenvalue weighted by Crippen LogP contribution is 2.29. The molecule has 0 aliphatic rings. The number of halogens is 1. The van der Waals surface area contributed by atoms with Crippen molar-refractivity contribution in [3.8, 4) is 0 Å². The van der Waals surface area contributed by atoms with Crippen molar-refractivity contribution in [2.75, 3.05) is 3.82 Å². The Balaban J connectivity index is 2.11. The fourth-order valence-electron chi connectivity index (χ4n) is 2.47. The van der Waals surface area contributed by atoms with Crippen molar-refractivity contribution < 1.29 is 8.42 Å². The zero-order valence-corrected chi connectivity index (χ0v) is 14.8. The second-order valence-corrected chi connectivity index (χ2v) is 7.82. The average Bonchev–Trinajstić information content (AvgIpc) is 2.86. The number of hydrogen-bond donors (Lipinski definition) is 1. The lowest BCUT2D eigenvalue weighted by Crippen LogP contribution is -2.21. The normalized spacial score (nSPS) is 11.8. The monoisotopic (exact) mass is 366 g/mol. The van der Waals surface area contributed by atoms with Crippen LogP contribution < -0.4 is 9.38 Å². The van der Waals surface area contributed by atoms with Crippen molar-refractivity contribution in [3.63, 3.8) is 0 Å². The van der Waals surface area contributed by atoms with Crippen molar-refractivity contribution in [2.24, 2.45) is 7.05 Å². The summed E-state index contributed by atoms with van der Waals surface area (Å²) < 4.78 is 27.5. The largest absolute Gasteiger partial charge is 0.322 e. The quantitative estimate of drug-likeness (QED) is 0.720. The Morgan fingerprint density at radius 1 is 1.25 bits per heavy atom. The van der Waals surface area contributed by atoms with Gasteiger partial charge in [0.2, 0.25) is 0 Å². The van der Waals surface area contributed by atoms with Crippen molar-refractivity contribution in [3.05, 3.63) is 52.1 Å². The SMILES string of the molecule is Cc1nn(C)cc1S(=O)(=O)N(Cl)c1ccc2[nH]c(=O)c(C)cc2c1. The van der Waals surface area contributed by atoms with Crippen LogP contribution in [0.15, 0.2) is 40.2 Å². The highest BCUT2D eigenvalue weighted by atomic mass is 35.5. The second-order valence-electron chi connectivity index (χ2n) is 5.53. The van der Waals surface area contributed by atoms with E-state index >= 15 is 0 Å². The standard InChI is InChI=1S/C15H15ClN4O3S/c1-9-6-11-7-12(4-5-13(11)17-15(9)21)20(16)24(22,23)14-8-19(3)18-10(14)2/h4-8H,1-3H3,(H,17,21). The molecule has 0 aliphatic carbocycles. The molecule has 0 amide bonds. The maximum atomic E-state index is 12.7. The number of fused-ring (bicyclic) bond motifs is 1. The molecule has 0 atom stereocenters. The van der Waals surface area contributed by atoms with Gasteiger partial charge in [-0.1, -0.05) is 0 Å². The first-order valence-corrected chi connectivity index (χ1v) is 8.83. The summed E-state index contributed by atoms with van der Waals surface area (Å²) in [6.07, 6.45) is 1.41. The zero-order chi connectivity index (χ0) is 17.6. The summed E-state index contributed by atoms with van der Waals surface area (Å²) >= 11 is 6.12. The van der Waals surface area contributed by atoms with E-state index in [4.69, 9.17) is 11.8 Å². The Morgan fingerprint density at radius 2 is 1.96 bits per heavy atom. The number of pyridine rings is 1. The van der Waals surface area contributed by atoms with Crippen LogP contribution in [0.3, 0.4) is 0 Å². The number of aromatic nitrogens is 3. The first-order chi connectivity index (χ1) is 11.2. The molecule has 0 spiro atoms. The Bertz CT molecular complexity index is 1100. The van der Waals surface area contributed by atoms with Crippen LogP contribution in [0.25, 0.3) is 10.9 Å². The average molecular weight is 367 g/mol. The van der Waals surface area contributed by atoms with E-state index in [1.165, 1.54) is 16.9 Å². The third-order valence-electron chi connectivity index (χ3n) is 3.67. The number of aryl methyl sites for hydroxylation is 3. The van der Waals surface area contributed by atoms with Gasteiger partial charge in [-0.3, -0.25) is 9.48 Å². The summed E-state index contributed by atoms with van der Waals surface area (Å²) in [5.74, 6) is 0. The van der Waals surface area contributed by atoms with Crippen LogP contribution in [0, 0.1) is 13.8 Å². The van der Waals surface area contributed by atoms with Gasteiger partial charge < -0.3 is 4.98 Å². The first kappa shape index (κ1) is 16.5. The number of H-pyrrole nitrogens is 1. The molecule has 3 aromatic rings. The Kier molecular flexibility index (Phi) is 3.89. The lowest BCUT2D eigenvalue weighted by molar-refractivity contribution is 0.597. The van der Waals surface area contributed by atoms with E-state index in [-0.39, 0.29) is 16.1 Å². The Hall–Kier alpha value is -2.32. The van der Waals surface area contributed by atoms with Crippen molar-refractivity contribution in [1.29, 1.82) is 0 Å². The van der Waals surface area contributed by atoms with Crippen LogP contribution in [0.5, 0.6) is 0 Å². The molecule has 0 radical (unpaired) electrons. The molecule has 0 fully saturated rings. The van der Waals surface area contributed by atoms with Gasteiger partial charge in [0.15, 0.2) is 0 Å². The Labute approximate surface area is 143 Å². The molecule has 0 bridgehead atoms. The fraction of sp³-hybridized carbons (Fsp3) is 0.200. The van der Waals surface area contributed by atoms with Gasteiger partial charge in [-0.2, -0.15) is 17.3 Å². The maximum Gasteiger partial charge on any atom is 0.281 e. The summed E-state index contributed by atoms with van der Waals surface area (Å²) in [5, 5.41) is 4.73. The van der Waals surface area contributed by atoms with Crippen LogP contribution in [0.1, 0.15) is 11.3 Å². The molecule has 24 heavy (non-hydrogen) atoms. The van der Waals surface area contributed by atoms with Gasteiger partial charge in [-0.25, -0.2) is 0 Å². The number of rotatable bonds is 3. The van der Waals surface area contributed by atoms with Gasteiger partial charge in [-0.15, -0.1) is 0 Å². The van der Waals surface area contributed by atoms with E-state index in [0.717, 1.165) is 0 Å². The molecule has 0 unspecified atom stereocenters. The molecule has 7 nitrogen and oxygen atoms in total.